The molecule has 2 atom stereocenters. The highest BCUT2D eigenvalue weighted by molar-refractivity contribution is 7.87. The Morgan fingerprint density at radius 1 is 1.43 bits per heavy atom. The largest absolute Gasteiger partial charge is 0.480 e. The Morgan fingerprint density at radius 3 is 2.57 bits per heavy atom. The zero-order valence-electron chi connectivity index (χ0n) is 12.6. The molecule has 0 radical (unpaired) electrons. The van der Waals surface area contributed by atoms with E-state index in [1.54, 1.807) is 14.0 Å². The molecule has 1 rings (SSSR count). The number of carboxylic acid groups (broad SMARTS) is 1. The predicted molar refractivity (Wildman–Crippen MR) is 76.8 cm³/mol. The number of hydrogen-bond acceptors (Lipinski definition) is 4. The maximum absolute atomic E-state index is 12.3. The summed E-state index contributed by atoms with van der Waals surface area (Å²) in [6.07, 6.45) is 1.57. The Morgan fingerprint density at radius 2 is 2.05 bits per heavy atom. The molecule has 1 amide bonds. The zero-order valence-corrected chi connectivity index (χ0v) is 13.4. The molecule has 0 aliphatic carbocycles. The molecule has 1 fully saturated rings. The van der Waals surface area contributed by atoms with E-state index in [1.807, 2.05) is 0 Å². The number of piperidine rings is 1. The number of hydrogen-bond donors (Lipinski definition) is 2. The number of aliphatic carboxylic acids is 1. The second kappa shape index (κ2) is 7.19. The van der Waals surface area contributed by atoms with E-state index in [0.717, 1.165) is 4.31 Å². The fraction of sp³-hybridized carbons (Fsp3) is 0.833. The Hall–Kier alpha value is -1.19. The van der Waals surface area contributed by atoms with Crippen LogP contribution < -0.4 is 4.72 Å². The van der Waals surface area contributed by atoms with Crippen molar-refractivity contribution in [2.45, 2.75) is 45.2 Å². The number of nitrogens with one attached hydrogen (secondary N) is 1. The maximum atomic E-state index is 12.3. The minimum Gasteiger partial charge on any atom is -0.480 e. The number of nitrogens with zero attached hydrogens (tertiary/aromatic N) is 2. The van der Waals surface area contributed by atoms with Crippen LogP contribution in [0.25, 0.3) is 0 Å². The van der Waals surface area contributed by atoms with Crippen molar-refractivity contribution in [2.24, 2.45) is 0 Å². The minimum atomic E-state index is -4.01. The lowest BCUT2D eigenvalue weighted by molar-refractivity contribution is -0.142. The number of likely N-dealkylation sites (N-methyl/N-ethyl adjacent to an activating group) is 1. The van der Waals surface area contributed by atoms with E-state index in [2.05, 4.69) is 4.72 Å². The average Bonchev–Trinajstić information content (AvgIpc) is 2.45. The van der Waals surface area contributed by atoms with Gasteiger partial charge >= 0.3 is 5.97 Å². The Labute approximate surface area is 125 Å². The van der Waals surface area contributed by atoms with Gasteiger partial charge in [-0.25, -0.2) is 0 Å². The van der Waals surface area contributed by atoms with Gasteiger partial charge in [0.25, 0.3) is 10.2 Å². The third-order valence-corrected chi connectivity index (χ3v) is 5.30. The molecule has 122 valence electrons. The van der Waals surface area contributed by atoms with Gasteiger partial charge in [-0.1, -0.05) is 0 Å². The van der Waals surface area contributed by atoms with Crippen molar-refractivity contribution in [1.82, 2.24) is 13.9 Å². The van der Waals surface area contributed by atoms with Crippen LogP contribution in [0, 0.1) is 0 Å². The fourth-order valence-corrected chi connectivity index (χ4v) is 3.85. The van der Waals surface area contributed by atoms with E-state index in [-0.39, 0.29) is 18.9 Å². The monoisotopic (exact) mass is 321 g/mol. The molecule has 1 heterocycles. The quantitative estimate of drug-likeness (QED) is 0.694. The van der Waals surface area contributed by atoms with Crippen molar-refractivity contribution in [3.63, 3.8) is 0 Å². The summed E-state index contributed by atoms with van der Waals surface area (Å²) in [5.41, 5.74) is 0. The van der Waals surface area contributed by atoms with Crippen molar-refractivity contribution in [2.75, 3.05) is 20.1 Å². The molecular weight excluding hydrogens is 298 g/mol. The molecule has 21 heavy (non-hydrogen) atoms. The highest BCUT2D eigenvalue weighted by Gasteiger charge is 2.38. The van der Waals surface area contributed by atoms with Crippen LogP contribution in [-0.2, 0) is 19.8 Å². The first kappa shape index (κ1) is 17.9. The van der Waals surface area contributed by atoms with Crippen molar-refractivity contribution in [3.8, 4) is 0 Å². The van der Waals surface area contributed by atoms with E-state index in [1.165, 1.54) is 11.8 Å². The summed E-state index contributed by atoms with van der Waals surface area (Å²) in [6.45, 7) is 3.85. The van der Waals surface area contributed by atoms with Crippen molar-refractivity contribution < 1.29 is 23.1 Å². The van der Waals surface area contributed by atoms with Crippen molar-refractivity contribution in [3.05, 3.63) is 0 Å². The van der Waals surface area contributed by atoms with Crippen LogP contribution in [0.1, 0.15) is 33.1 Å². The molecule has 0 aromatic carbocycles. The van der Waals surface area contributed by atoms with Gasteiger partial charge in [0.1, 0.15) is 6.04 Å². The Kier molecular flexibility index (Phi) is 6.11. The molecule has 0 aromatic heterocycles. The van der Waals surface area contributed by atoms with Gasteiger partial charge in [0, 0.05) is 20.1 Å². The lowest BCUT2D eigenvalue weighted by atomic mass is 10.1. The van der Waals surface area contributed by atoms with Crippen LogP contribution in [0.2, 0.25) is 0 Å². The molecular formula is C12H23N3O5S. The van der Waals surface area contributed by atoms with Crippen molar-refractivity contribution in [1.29, 1.82) is 0 Å². The third kappa shape index (κ3) is 4.39. The SMILES string of the molecule is CCN(C)C(=O)C(C)NS(=O)(=O)N1CCCCC1C(=O)O. The summed E-state index contributed by atoms with van der Waals surface area (Å²) in [5.74, 6) is -1.52. The van der Waals surface area contributed by atoms with Crippen molar-refractivity contribution >= 4 is 22.1 Å². The molecule has 0 spiro atoms. The number of rotatable bonds is 6. The highest BCUT2D eigenvalue weighted by atomic mass is 32.2. The summed E-state index contributed by atoms with van der Waals surface area (Å²) in [6, 6.07) is -2.00. The van der Waals surface area contributed by atoms with Gasteiger partial charge in [-0.05, 0) is 33.1 Å². The smallest absolute Gasteiger partial charge is 0.322 e. The second-order valence-corrected chi connectivity index (χ2v) is 6.81. The lowest BCUT2D eigenvalue weighted by Crippen LogP contribution is -2.56. The summed E-state index contributed by atoms with van der Waals surface area (Å²) in [4.78, 5) is 24.5. The number of carbonyl (C=O) groups excluding carboxylic acids is 1. The molecule has 0 saturated carbocycles. The molecule has 2 unspecified atom stereocenters. The van der Waals surface area contributed by atoms with Crippen LogP contribution in [0.3, 0.4) is 0 Å². The number of carboxylic acids is 1. The van der Waals surface area contributed by atoms with Gasteiger partial charge < -0.3 is 10.0 Å². The van der Waals surface area contributed by atoms with Gasteiger partial charge in [0.15, 0.2) is 0 Å². The van der Waals surface area contributed by atoms with Gasteiger partial charge in [-0.15, -0.1) is 0 Å². The molecule has 0 bridgehead atoms. The van der Waals surface area contributed by atoms with E-state index in [9.17, 15) is 18.0 Å². The summed E-state index contributed by atoms with van der Waals surface area (Å²) < 4.78 is 27.8. The second-order valence-electron chi connectivity index (χ2n) is 5.16. The molecule has 8 nitrogen and oxygen atoms in total. The number of carbonyl (C=O) groups is 2. The van der Waals surface area contributed by atoms with Crippen LogP contribution >= 0.6 is 0 Å². The topological polar surface area (TPSA) is 107 Å². The first-order valence-corrected chi connectivity index (χ1v) is 8.41. The maximum Gasteiger partial charge on any atom is 0.322 e. The standard InChI is InChI=1S/C12H23N3O5S/c1-4-14(3)11(16)9(2)13-21(19,20)15-8-6-5-7-10(15)12(17)18/h9-10,13H,4-8H2,1-3H3,(H,17,18). The van der Waals surface area contributed by atoms with E-state index in [4.69, 9.17) is 5.11 Å². The van der Waals surface area contributed by atoms with Crippen LogP contribution in [0.4, 0.5) is 0 Å². The van der Waals surface area contributed by atoms with Crippen LogP contribution in [0.5, 0.6) is 0 Å². The Bertz CT molecular complexity index is 493. The Balaban J connectivity index is 2.84. The average molecular weight is 321 g/mol. The molecule has 9 heteroatoms. The predicted octanol–water partition coefficient (Wildman–Crippen LogP) is -0.373. The molecule has 1 aliphatic rings. The van der Waals surface area contributed by atoms with Gasteiger partial charge in [0.2, 0.25) is 5.91 Å². The van der Waals surface area contributed by atoms with E-state index in [0.29, 0.717) is 19.4 Å². The molecule has 2 N–H and O–H groups in total. The molecule has 0 aromatic rings. The summed E-state index contributed by atoms with van der Waals surface area (Å²) in [5, 5.41) is 9.13. The summed E-state index contributed by atoms with van der Waals surface area (Å²) >= 11 is 0. The first-order valence-electron chi connectivity index (χ1n) is 6.97. The summed E-state index contributed by atoms with van der Waals surface area (Å²) in [7, 11) is -2.43. The van der Waals surface area contributed by atoms with Gasteiger partial charge in [0.05, 0.1) is 6.04 Å². The minimum absolute atomic E-state index is 0.150. The lowest BCUT2D eigenvalue weighted by Gasteiger charge is -2.33. The normalized spacial score (nSPS) is 21.8. The fourth-order valence-electron chi connectivity index (χ4n) is 2.27. The molecule has 1 saturated heterocycles. The number of amides is 1. The zero-order chi connectivity index (χ0) is 16.2. The third-order valence-electron chi connectivity index (χ3n) is 3.59. The van der Waals surface area contributed by atoms with Gasteiger partial charge in [-0.2, -0.15) is 17.4 Å². The van der Waals surface area contributed by atoms with Gasteiger partial charge in [-0.3, -0.25) is 9.59 Å². The van der Waals surface area contributed by atoms with Crippen LogP contribution in [0.15, 0.2) is 0 Å². The van der Waals surface area contributed by atoms with Crippen LogP contribution in [-0.4, -0.2) is 66.8 Å². The van der Waals surface area contributed by atoms with E-state index < -0.39 is 28.3 Å². The van der Waals surface area contributed by atoms with E-state index >= 15 is 0 Å². The first-order chi connectivity index (χ1) is 9.70. The molecule has 1 aliphatic heterocycles. The highest BCUT2D eigenvalue weighted by Crippen LogP contribution is 2.20.